The fraction of sp³-hybridized carbons (Fsp3) is 0.957. The van der Waals surface area contributed by atoms with Crippen LogP contribution in [0.15, 0.2) is 0 Å². The maximum atomic E-state index is 11.8. The number of carbonyl (C=O) groups is 1. The minimum Gasteiger partial charge on any atom is -0.303 e. The molecule has 0 aromatic carbocycles. The van der Waals surface area contributed by atoms with Crippen LogP contribution in [-0.2, 0) is 4.79 Å². The van der Waals surface area contributed by atoms with Gasteiger partial charge in [0.05, 0.1) is 0 Å². The number of rotatable bonds is 12. The summed E-state index contributed by atoms with van der Waals surface area (Å²) in [5.74, 6) is 2.42. The van der Waals surface area contributed by atoms with E-state index < -0.39 is 0 Å². The molecule has 3 nitrogen and oxygen atoms in total. The molecule has 0 radical (unpaired) electrons. The van der Waals surface area contributed by atoms with Gasteiger partial charge in [0.1, 0.15) is 5.78 Å². The summed E-state index contributed by atoms with van der Waals surface area (Å²) in [4.78, 5) is 17.0. The summed E-state index contributed by atoms with van der Waals surface area (Å²) in [5, 5.41) is 0. The molecular weight excluding hydrogens is 320 g/mol. The summed E-state index contributed by atoms with van der Waals surface area (Å²) in [7, 11) is 0. The molecular formula is C23H44N2O. The highest BCUT2D eigenvalue weighted by Gasteiger charge is 2.21. The Balaban J connectivity index is 1.48. The van der Waals surface area contributed by atoms with Crippen LogP contribution in [0.25, 0.3) is 0 Å². The average molecular weight is 365 g/mol. The molecule has 2 heterocycles. The Bertz CT molecular complexity index is 368. The minimum atomic E-state index is 0.471. The number of Topliss-reactive ketones (excluding diaryl/α,β-unsaturated/α-hetero) is 1. The van der Waals surface area contributed by atoms with Crippen molar-refractivity contribution in [1.29, 1.82) is 0 Å². The van der Waals surface area contributed by atoms with Gasteiger partial charge in [-0.2, -0.15) is 0 Å². The zero-order valence-corrected chi connectivity index (χ0v) is 17.7. The van der Waals surface area contributed by atoms with Crippen LogP contribution in [0.2, 0.25) is 0 Å². The number of carbonyl (C=O) groups excluding carboxylic acids is 1. The Morgan fingerprint density at radius 1 is 0.731 bits per heavy atom. The normalized spacial score (nSPS) is 21.3. The maximum absolute atomic E-state index is 11.8. The predicted octanol–water partition coefficient (Wildman–Crippen LogP) is 5.14. The van der Waals surface area contributed by atoms with Gasteiger partial charge in [-0.05, 0) is 83.1 Å². The first-order valence-corrected chi connectivity index (χ1v) is 11.7. The number of nitrogens with zero attached hydrogens (tertiary/aromatic N) is 2. The third-order valence-electron chi connectivity index (χ3n) is 6.69. The van der Waals surface area contributed by atoms with Gasteiger partial charge in [-0.15, -0.1) is 0 Å². The van der Waals surface area contributed by atoms with Crippen LogP contribution in [0, 0.1) is 11.8 Å². The highest BCUT2D eigenvalue weighted by Crippen LogP contribution is 2.27. The summed E-state index contributed by atoms with van der Waals surface area (Å²) in [6, 6.07) is 0. The second-order valence-corrected chi connectivity index (χ2v) is 8.89. The molecule has 26 heavy (non-hydrogen) atoms. The molecule has 0 unspecified atom stereocenters. The van der Waals surface area contributed by atoms with Crippen LogP contribution in [-0.4, -0.2) is 54.9 Å². The summed E-state index contributed by atoms with van der Waals surface area (Å²) in [6.45, 7) is 11.9. The van der Waals surface area contributed by atoms with Crippen LogP contribution in [0.1, 0.15) is 90.9 Å². The Labute approximate surface area is 162 Å². The van der Waals surface area contributed by atoms with Crippen molar-refractivity contribution >= 4 is 5.78 Å². The largest absolute Gasteiger partial charge is 0.303 e. The van der Waals surface area contributed by atoms with E-state index in [1.807, 2.05) is 0 Å². The Kier molecular flexibility index (Phi) is 10.8. The number of likely N-dealkylation sites (tertiary alicyclic amines) is 2. The molecule has 0 aromatic rings. The molecule has 0 atom stereocenters. The van der Waals surface area contributed by atoms with E-state index in [1.165, 1.54) is 84.1 Å². The third kappa shape index (κ3) is 8.52. The molecule has 0 saturated carbocycles. The highest BCUT2D eigenvalue weighted by atomic mass is 16.1. The number of hydrogen-bond acceptors (Lipinski definition) is 3. The second kappa shape index (κ2) is 12.9. The van der Waals surface area contributed by atoms with Gasteiger partial charge in [0, 0.05) is 19.4 Å². The molecule has 0 bridgehead atoms. The molecule has 0 spiro atoms. The lowest BCUT2D eigenvalue weighted by Gasteiger charge is -2.33. The average Bonchev–Trinajstić information content (AvgIpc) is 2.67. The van der Waals surface area contributed by atoms with Crippen molar-refractivity contribution < 1.29 is 4.79 Å². The molecule has 2 fully saturated rings. The fourth-order valence-electron chi connectivity index (χ4n) is 4.79. The molecule has 2 saturated heterocycles. The van der Waals surface area contributed by atoms with E-state index in [4.69, 9.17) is 0 Å². The van der Waals surface area contributed by atoms with Crippen molar-refractivity contribution in [2.75, 3.05) is 39.3 Å². The predicted molar refractivity (Wildman–Crippen MR) is 112 cm³/mol. The van der Waals surface area contributed by atoms with Gasteiger partial charge in [0.2, 0.25) is 0 Å². The van der Waals surface area contributed by atoms with Gasteiger partial charge in [-0.25, -0.2) is 0 Å². The van der Waals surface area contributed by atoms with E-state index in [9.17, 15) is 4.79 Å². The lowest BCUT2D eigenvalue weighted by atomic mass is 9.87. The van der Waals surface area contributed by atoms with E-state index in [0.717, 1.165) is 44.1 Å². The molecule has 2 aliphatic heterocycles. The molecule has 2 rings (SSSR count). The molecule has 152 valence electrons. The summed E-state index contributed by atoms with van der Waals surface area (Å²) in [5.41, 5.74) is 0. The highest BCUT2D eigenvalue weighted by molar-refractivity contribution is 5.78. The molecule has 2 aliphatic rings. The van der Waals surface area contributed by atoms with Gasteiger partial charge < -0.3 is 9.80 Å². The van der Waals surface area contributed by atoms with Crippen LogP contribution >= 0.6 is 0 Å². The van der Waals surface area contributed by atoms with Crippen molar-refractivity contribution in [3.8, 4) is 0 Å². The lowest BCUT2D eigenvalue weighted by molar-refractivity contribution is -0.119. The Hall–Kier alpha value is -0.410. The van der Waals surface area contributed by atoms with Gasteiger partial charge in [-0.3, -0.25) is 4.79 Å². The van der Waals surface area contributed by atoms with Crippen molar-refractivity contribution in [1.82, 2.24) is 9.80 Å². The molecule has 0 amide bonds. The maximum Gasteiger partial charge on any atom is 0.134 e. The summed E-state index contributed by atoms with van der Waals surface area (Å²) in [6.07, 6.45) is 15.0. The number of unbranched alkanes of at least 4 members (excludes halogenated alkanes) is 1. The fourth-order valence-corrected chi connectivity index (χ4v) is 4.79. The van der Waals surface area contributed by atoms with Crippen molar-refractivity contribution in [3.63, 3.8) is 0 Å². The molecule has 3 heteroatoms. The van der Waals surface area contributed by atoms with Gasteiger partial charge >= 0.3 is 0 Å². The van der Waals surface area contributed by atoms with E-state index in [-0.39, 0.29) is 0 Å². The zero-order valence-electron chi connectivity index (χ0n) is 17.7. The van der Waals surface area contributed by atoms with E-state index in [0.29, 0.717) is 5.78 Å². The number of ketones is 1. The topological polar surface area (TPSA) is 23.6 Å². The van der Waals surface area contributed by atoms with Gasteiger partial charge in [0.15, 0.2) is 0 Å². The van der Waals surface area contributed by atoms with Crippen molar-refractivity contribution in [2.45, 2.75) is 90.9 Å². The monoisotopic (exact) mass is 364 g/mol. The summed E-state index contributed by atoms with van der Waals surface area (Å²) < 4.78 is 0. The Morgan fingerprint density at radius 3 is 1.77 bits per heavy atom. The van der Waals surface area contributed by atoms with Crippen molar-refractivity contribution in [3.05, 3.63) is 0 Å². The molecule has 0 N–H and O–H groups in total. The first-order chi connectivity index (χ1) is 12.7. The first-order valence-electron chi connectivity index (χ1n) is 11.7. The van der Waals surface area contributed by atoms with E-state index >= 15 is 0 Å². The third-order valence-corrected chi connectivity index (χ3v) is 6.69. The van der Waals surface area contributed by atoms with Crippen LogP contribution in [0.5, 0.6) is 0 Å². The Morgan fingerprint density at radius 2 is 1.27 bits per heavy atom. The van der Waals surface area contributed by atoms with Gasteiger partial charge in [0.25, 0.3) is 0 Å². The van der Waals surface area contributed by atoms with Gasteiger partial charge in [-0.1, -0.05) is 39.5 Å². The number of piperidine rings is 2. The zero-order chi connectivity index (χ0) is 18.6. The quantitative estimate of drug-likeness (QED) is 0.479. The van der Waals surface area contributed by atoms with Crippen LogP contribution in [0.4, 0.5) is 0 Å². The first kappa shape index (κ1) is 21.9. The van der Waals surface area contributed by atoms with E-state index in [1.54, 1.807) is 0 Å². The lowest BCUT2D eigenvalue weighted by Crippen LogP contribution is -2.35. The minimum absolute atomic E-state index is 0.471. The number of hydrogen-bond donors (Lipinski definition) is 0. The summed E-state index contributed by atoms with van der Waals surface area (Å²) >= 11 is 0. The second-order valence-electron chi connectivity index (χ2n) is 8.89. The molecule has 0 aromatic heterocycles. The standard InChI is InChI=1S/C23H44N2O/c1-3-5-9-23(26)14-20-25-18-12-22(13-19-25)8-6-7-21-10-16-24(15-4-2)17-11-21/h21-22H,3-20H2,1-2H3. The van der Waals surface area contributed by atoms with E-state index in [2.05, 4.69) is 23.6 Å². The van der Waals surface area contributed by atoms with Crippen LogP contribution in [0.3, 0.4) is 0 Å². The molecule has 0 aliphatic carbocycles. The smallest absolute Gasteiger partial charge is 0.134 e. The van der Waals surface area contributed by atoms with Crippen LogP contribution < -0.4 is 0 Å². The SMILES string of the molecule is CCCCC(=O)CCN1CCC(CCCC2CCN(CCC)CC2)CC1. The van der Waals surface area contributed by atoms with Crippen molar-refractivity contribution in [2.24, 2.45) is 11.8 Å².